The number of thioether (sulfide) groups is 2. The molecule has 4 heteroatoms. The van der Waals surface area contributed by atoms with Crippen LogP contribution in [-0.4, -0.2) is 29.3 Å². The first kappa shape index (κ1) is 25.5. The number of rotatable bonds is 5. The Balaban J connectivity index is 0.00000130. The highest BCUT2D eigenvalue weighted by atomic mass is 32.2. The Bertz CT molecular complexity index is 1180. The van der Waals surface area contributed by atoms with Gasteiger partial charge in [-0.3, -0.25) is 5.41 Å². The first-order valence-electron chi connectivity index (χ1n) is 13.8. The molecule has 0 amide bonds. The second-order valence-corrected chi connectivity index (χ2v) is 12.6. The Morgan fingerprint density at radius 3 is 1.72 bits per heavy atom. The van der Waals surface area contributed by atoms with Crippen LogP contribution in [0.1, 0.15) is 69.9 Å². The predicted octanol–water partition coefficient (Wildman–Crippen LogP) is 9.30. The lowest BCUT2D eigenvalue weighted by atomic mass is 10.0. The van der Waals surface area contributed by atoms with Crippen molar-refractivity contribution in [3.8, 4) is 11.1 Å². The zero-order valence-corrected chi connectivity index (χ0v) is 23.3. The smallest absolute Gasteiger partial charge is 0.0697 e. The van der Waals surface area contributed by atoms with Gasteiger partial charge in [0.05, 0.1) is 5.71 Å². The third kappa shape index (κ3) is 5.55. The van der Waals surface area contributed by atoms with Gasteiger partial charge in [0.1, 0.15) is 0 Å². The Morgan fingerprint density at radius 1 is 0.639 bits per heavy atom. The van der Waals surface area contributed by atoms with Gasteiger partial charge in [0.15, 0.2) is 0 Å². The summed E-state index contributed by atoms with van der Waals surface area (Å²) in [6.07, 6.45) is 9.22. The summed E-state index contributed by atoms with van der Waals surface area (Å²) in [4.78, 5) is 5.16. The van der Waals surface area contributed by atoms with Crippen molar-refractivity contribution in [2.45, 2.75) is 79.1 Å². The van der Waals surface area contributed by atoms with E-state index in [-0.39, 0.29) is 0 Å². The molecule has 188 valence electrons. The van der Waals surface area contributed by atoms with E-state index in [9.17, 15) is 0 Å². The van der Waals surface area contributed by atoms with Crippen molar-refractivity contribution in [2.24, 2.45) is 0 Å². The van der Waals surface area contributed by atoms with Crippen LogP contribution in [0, 0.1) is 5.41 Å². The highest BCUT2D eigenvalue weighted by molar-refractivity contribution is 8.00. The number of nitrogens with zero attached hydrogens (tertiary/aromatic N) is 1. The van der Waals surface area contributed by atoms with Crippen molar-refractivity contribution in [3.05, 3.63) is 77.9 Å². The van der Waals surface area contributed by atoms with Gasteiger partial charge < -0.3 is 4.90 Å². The molecule has 1 saturated heterocycles. The summed E-state index contributed by atoms with van der Waals surface area (Å²) < 4.78 is 0. The standard InChI is InChI=1S/C30H32N2S2.C2H6/c31-30-28-19-24(33-22-9-5-2-6-10-22)11-13-26(28)27-14-12-25(20-29(27)30)34-23-15-17-32(18-16-23)21-7-3-1-4-8-21;1-2/h1,3-4,7-8,11-14,19-20,22-23,31H,2,5-6,9-10,15-18H2;1-2H3. The molecule has 0 aromatic heterocycles. The molecule has 3 aromatic rings. The quantitative estimate of drug-likeness (QED) is 0.287. The van der Waals surface area contributed by atoms with Crippen LogP contribution in [-0.2, 0) is 0 Å². The van der Waals surface area contributed by atoms with Gasteiger partial charge in [-0.1, -0.05) is 63.4 Å². The molecule has 2 nitrogen and oxygen atoms in total. The minimum absolute atomic E-state index is 0.648. The Morgan fingerprint density at radius 2 is 1.17 bits per heavy atom. The van der Waals surface area contributed by atoms with E-state index in [0.717, 1.165) is 29.5 Å². The Labute approximate surface area is 225 Å². The normalized spacial score (nSPS) is 17.8. The van der Waals surface area contributed by atoms with Gasteiger partial charge in [-0.2, -0.15) is 0 Å². The molecule has 0 spiro atoms. The fraction of sp³-hybridized carbons (Fsp3) is 0.406. The minimum atomic E-state index is 0.648. The lowest BCUT2D eigenvalue weighted by Gasteiger charge is -2.33. The van der Waals surface area contributed by atoms with E-state index >= 15 is 0 Å². The summed E-state index contributed by atoms with van der Waals surface area (Å²) in [5.41, 5.74) is 6.75. The number of hydrogen-bond acceptors (Lipinski definition) is 4. The van der Waals surface area contributed by atoms with Crippen molar-refractivity contribution < 1.29 is 0 Å². The first-order chi connectivity index (χ1) is 17.7. The molecule has 1 N–H and O–H groups in total. The van der Waals surface area contributed by atoms with E-state index in [2.05, 4.69) is 71.6 Å². The lowest BCUT2D eigenvalue weighted by Crippen LogP contribution is -2.34. The second-order valence-electron chi connectivity index (χ2n) is 9.81. The zero-order chi connectivity index (χ0) is 24.9. The average Bonchev–Trinajstić information content (AvgIpc) is 3.22. The Hall–Kier alpha value is -2.17. The monoisotopic (exact) mass is 514 g/mol. The fourth-order valence-corrected chi connectivity index (χ4v) is 8.11. The minimum Gasteiger partial charge on any atom is -0.371 e. The van der Waals surface area contributed by atoms with Crippen molar-refractivity contribution in [2.75, 3.05) is 18.0 Å². The van der Waals surface area contributed by atoms with E-state index < -0.39 is 0 Å². The molecular weight excluding hydrogens is 477 g/mol. The number of piperidine rings is 1. The predicted molar refractivity (Wildman–Crippen MR) is 159 cm³/mol. The molecule has 2 fully saturated rings. The summed E-state index contributed by atoms with van der Waals surface area (Å²) in [5.74, 6) is 0. The van der Waals surface area contributed by atoms with Gasteiger partial charge in [0, 0.05) is 50.2 Å². The van der Waals surface area contributed by atoms with Crippen LogP contribution in [0.25, 0.3) is 11.1 Å². The van der Waals surface area contributed by atoms with Crippen molar-refractivity contribution in [1.29, 1.82) is 5.41 Å². The van der Waals surface area contributed by atoms with E-state index in [1.807, 2.05) is 37.4 Å². The van der Waals surface area contributed by atoms with E-state index in [0.29, 0.717) is 11.0 Å². The molecule has 1 saturated carbocycles. The topological polar surface area (TPSA) is 27.1 Å². The van der Waals surface area contributed by atoms with E-state index in [4.69, 9.17) is 5.41 Å². The first-order valence-corrected chi connectivity index (χ1v) is 15.5. The molecular formula is C32H38N2S2. The molecule has 0 atom stereocenters. The van der Waals surface area contributed by atoms with Gasteiger partial charge in [-0.15, -0.1) is 23.5 Å². The number of anilines is 1. The van der Waals surface area contributed by atoms with Crippen LogP contribution < -0.4 is 4.90 Å². The molecule has 1 heterocycles. The molecule has 6 rings (SSSR count). The number of nitrogens with one attached hydrogen (secondary N) is 1. The highest BCUT2D eigenvalue weighted by Gasteiger charge is 2.26. The van der Waals surface area contributed by atoms with Crippen LogP contribution in [0.5, 0.6) is 0 Å². The molecule has 3 aliphatic rings. The summed E-state index contributed by atoms with van der Waals surface area (Å²) >= 11 is 4.04. The number of hydrogen-bond donors (Lipinski definition) is 1. The number of benzene rings is 3. The second kappa shape index (κ2) is 11.9. The summed E-state index contributed by atoms with van der Waals surface area (Å²) in [7, 11) is 0. The van der Waals surface area contributed by atoms with Crippen LogP contribution in [0.4, 0.5) is 5.69 Å². The fourth-order valence-electron chi connectivity index (χ4n) is 5.66. The zero-order valence-electron chi connectivity index (χ0n) is 21.6. The highest BCUT2D eigenvalue weighted by Crippen LogP contribution is 2.42. The Kier molecular flexibility index (Phi) is 8.43. The molecule has 0 unspecified atom stereocenters. The van der Waals surface area contributed by atoms with Gasteiger partial charge >= 0.3 is 0 Å². The maximum absolute atomic E-state index is 8.94. The van der Waals surface area contributed by atoms with Gasteiger partial charge in [-0.05, 0) is 73.2 Å². The largest absolute Gasteiger partial charge is 0.371 e. The average molecular weight is 515 g/mol. The SMILES string of the molecule is CC.N=C1c2cc(SC3CCCCC3)ccc2-c2ccc(SC3CCN(c4ccccc4)CC3)cc21. The van der Waals surface area contributed by atoms with Crippen molar-refractivity contribution in [1.82, 2.24) is 0 Å². The molecule has 1 aliphatic heterocycles. The van der Waals surface area contributed by atoms with Crippen LogP contribution >= 0.6 is 23.5 Å². The van der Waals surface area contributed by atoms with Crippen LogP contribution in [0.2, 0.25) is 0 Å². The third-order valence-corrected chi connectivity index (χ3v) is 10.2. The van der Waals surface area contributed by atoms with Crippen molar-refractivity contribution >= 4 is 34.9 Å². The maximum atomic E-state index is 8.94. The molecule has 36 heavy (non-hydrogen) atoms. The molecule has 0 bridgehead atoms. The molecule has 3 aromatic carbocycles. The third-order valence-electron chi connectivity index (χ3n) is 7.53. The van der Waals surface area contributed by atoms with Crippen LogP contribution in [0.15, 0.2) is 76.5 Å². The van der Waals surface area contributed by atoms with Crippen molar-refractivity contribution in [3.63, 3.8) is 0 Å². The van der Waals surface area contributed by atoms with Gasteiger partial charge in [-0.25, -0.2) is 0 Å². The van der Waals surface area contributed by atoms with Gasteiger partial charge in [0.2, 0.25) is 0 Å². The molecule has 2 aliphatic carbocycles. The summed E-state index contributed by atoms with van der Waals surface area (Å²) in [6.45, 7) is 6.24. The van der Waals surface area contributed by atoms with E-state index in [1.54, 1.807) is 0 Å². The number of para-hydroxylation sites is 1. The number of fused-ring (bicyclic) bond motifs is 3. The van der Waals surface area contributed by atoms with E-state index in [1.165, 1.54) is 71.6 Å². The lowest BCUT2D eigenvalue weighted by molar-refractivity contribution is 0.516. The maximum Gasteiger partial charge on any atom is 0.0697 e. The van der Waals surface area contributed by atoms with Gasteiger partial charge in [0.25, 0.3) is 0 Å². The summed E-state index contributed by atoms with van der Waals surface area (Å²) in [6, 6.07) is 24.4. The van der Waals surface area contributed by atoms with Crippen LogP contribution in [0.3, 0.4) is 0 Å². The summed E-state index contributed by atoms with van der Waals surface area (Å²) in [5, 5.41) is 10.3. The molecule has 0 radical (unpaired) electrons.